The van der Waals surface area contributed by atoms with Crippen molar-refractivity contribution in [2.24, 2.45) is 11.8 Å². The summed E-state index contributed by atoms with van der Waals surface area (Å²) in [4.78, 5) is 29.3. The van der Waals surface area contributed by atoms with E-state index in [1.165, 1.54) is 10.7 Å². The van der Waals surface area contributed by atoms with Crippen LogP contribution in [-0.2, 0) is 11.2 Å². The highest BCUT2D eigenvalue weighted by Gasteiger charge is 2.28. The largest absolute Gasteiger partial charge is 0.299 e. The number of halogens is 2. The molecular weight excluding hydrogens is 417 g/mol. The highest BCUT2D eigenvalue weighted by Crippen LogP contribution is 2.32. The molecule has 2 aromatic heterocycles. The van der Waals surface area contributed by atoms with E-state index in [2.05, 4.69) is 10.1 Å². The number of pyridine rings is 1. The van der Waals surface area contributed by atoms with Gasteiger partial charge in [-0.3, -0.25) is 14.6 Å². The second kappa shape index (κ2) is 9.52. The highest BCUT2D eigenvalue weighted by molar-refractivity contribution is 6.30. The molecule has 3 aromatic rings. The molecule has 0 amide bonds. The molecule has 0 N–H and O–H groups in total. The molecule has 1 aliphatic rings. The molecule has 160 valence electrons. The van der Waals surface area contributed by atoms with Crippen LogP contribution in [0, 0.1) is 17.7 Å². The van der Waals surface area contributed by atoms with Crippen molar-refractivity contribution in [3.05, 3.63) is 77.1 Å². The molecule has 1 saturated carbocycles. The van der Waals surface area contributed by atoms with Gasteiger partial charge in [0.15, 0.2) is 5.78 Å². The van der Waals surface area contributed by atoms with Crippen molar-refractivity contribution in [3.63, 3.8) is 0 Å². The van der Waals surface area contributed by atoms with Crippen LogP contribution in [0.4, 0.5) is 4.39 Å². The first-order valence-electron chi connectivity index (χ1n) is 10.5. The van der Waals surface area contributed by atoms with Gasteiger partial charge in [-0.25, -0.2) is 9.07 Å². The molecule has 0 radical (unpaired) electrons. The molecule has 0 unspecified atom stereocenters. The van der Waals surface area contributed by atoms with E-state index < -0.39 is 0 Å². The highest BCUT2D eigenvalue weighted by atomic mass is 35.5. The topological polar surface area (TPSA) is 64.8 Å². The summed E-state index contributed by atoms with van der Waals surface area (Å²) in [6.07, 6.45) is 7.11. The minimum Gasteiger partial charge on any atom is -0.299 e. The van der Waals surface area contributed by atoms with Crippen molar-refractivity contribution in [1.29, 1.82) is 0 Å². The van der Waals surface area contributed by atoms with Crippen LogP contribution in [0.15, 0.2) is 54.9 Å². The Morgan fingerprint density at radius 1 is 1.10 bits per heavy atom. The van der Waals surface area contributed by atoms with Gasteiger partial charge in [-0.1, -0.05) is 23.7 Å². The fourth-order valence-corrected chi connectivity index (χ4v) is 4.32. The molecule has 0 saturated heterocycles. The van der Waals surface area contributed by atoms with Crippen molar-refractivity contribution in [3.8, 4) is 5.69 Å². The van der Waals surface area contributed by atoms with E-state index in [-0.39, 0.29) is 35.6 Å². The van der Waals surface area contributed by atoms with Gasteiger partial charge in [0.05, 0.1) is 12.1 Å². The van der Waals surface area contributed by atoms with Gasteiger partial charge in [-0.15, -0.1) is 0 Å². The summed E-state index contributed by atoms with van der Waals surface area (Å²) < 4.78 is 15.4. The zero-order valence-corrected chi connectivity index (χ0v) is 17.8. The molecule has 5 nitrogen and oxygen atoms in total. The first kappa shape index (κ1) is 21.4. The molecule has 0 spiro atoms. The number of rotatable bonds is 7. The summed E-state index contributed by atoms with van der Waals surface area (Å²) in [6, 6.07) is 11.4. The number of benzene rings is 1. The number of para-hydroxylation sites is 1. The minimum absolute atomic E-state index is 0.00374. The van der Waals surface area contributed by atoms with Crippen LogP contribution in [0.25, 0.3) is 5.69 Å². The van der Waals surface area contributed by atoms with Gasteiger partial charge in [0, 0.05) is 29.8 Å². The van der Waals surface area contributed by atoms with E-state index in [1.807, 2.05) is 0 Å². The van der Waals surface area contributed by atoms with Crippen molar-refractivity contribution < 1.29 is 14.0 Å². The molecule has 1 fully saturated rings. The second-order valence-electron chi connectivity index (χ2n) is 8.05. The van der Waals surface area contributed by atoms with E-state index in [9.17, 15) is 14.0 Å². The van der Waals surface area contributed by atoms with Crippen LogP contribution in [0.3, 0.4) is 0 Å². The van der Waals surface area contributed by atoms with Gasteiger partial charge in [0.25, 0.3) is 0 Å². The van der Waals surface area contributed by atoms with Crippen molar-refractivity contribution >= 4 is 23.2 Å². The van der Waals surface area contributed by atoms with E-state index in [4.69, 9.17) is 11.6 Å². The Morgan fingerprint density at radius 2 is 1.87 bits per heavy atom. The normalized spacial score (nSPS) is 18.6. The second-order valence-corrected chi connectivity index (χ2v) is 8.49. The third-order valence-corrected chi connectivity index (χ3v) is 6.12. The lowest BCUT2D eigenvalue weighted by atomic mass is 9.77. The fraction of sp³-hybridized carbons (Fsp3) is 0.333. The Bertz CT molecular complexity index is 1090. The van der Waals surface area contributed by atoms with Crippen LogP contribution >= 0.6 is 11.6 Å². The fourth-order valence-electron chi connectivity index (χ4n) is 4.16. The molecule has 31 heavy (non-hydrogen) atoms. The number of carbonyl (C=O) groups excluding carboxylic acids is 2. The van der Waals surface area contributed by atoms with Gasteiger partial charge >= 0.3 is 0 Å². The van der Waals surface area contributed by atoms with Gasteiger partial charge in [0.2, 0.25) is 0 Å². The predicted molar refractivity (Wildman–Crippen MR) is 116 cm³/mol. The van der Waals surface area contributed by atoms with Crippen LogP contribution in [0.2, 0.25) is 5.02 Å². The van der Waals surface area contributed by atoms with Crippen LogP contribution < -0.4 is 0 Å². The van der Waals surface area contributed by atoms with Gasteiger partial charge < -0.3 is 0 Å². The van der Waals surface area contributed by atoms with Crippen molar-refractivity contribution in [2.75, 3.05) is 0 Å². The zero-order chi connectivity index (χ0) is 21.8. The van der Waals surface area contributed by atoms with Crippen molar-refractivity contribution in [2.45, 2.75) is 38.5 Å². The van der Waals surface area contributed by atoms with E-state index in [1.54, 1.807) is 48.8 Å². The lowest BCUT2D eigenvalue weighted by molar-refractivity contribution is -0.123. The molecule has 1 aromatic carbocycles. The average molecular weight is 440 g/mol. The SMILES string of the molecule is O=C(CC1CCC(C(=O)Cc2ccn(-c3ccccc3F)n2)CC1)c1cc(Cl)ccn1. The maximum absolute atomic E-state index is 13.9. The Balaban J connectivity index is 1.29. The van der Waals surface area contributed by atoms with Crippen LogP contribution in [0.5, 0.6) is 0 Å². The number of ketones is 2. The Kier molecular flexibility index (Phi) is 6.56. The minimum atomic E-state index is -0.357. The molecule has 7 heteroatoms. The predicted octanol–water partition coefficient (Wildman–Crippen LogP) is 5.25. The molecule has 0 atom stereocenters. The number of nitrogens with zero attached hydrogens (tertiary/aromatic N) is 3. The quantitative estimate of drug-likeness (QED) is 0.471. The van der Waals surface area contributed by atoms with E-state index >= 15 is 0 Å². The lowest BCUT2D eigenvalue weighted by Gasteiger charge is -2.27. The average Bonchev–Trinajstić information content (AvgIpc) is 3.22. The summed E-state index contributed by atoms with van der Waals surface area (Å²) in [5.41, 5.74) is 1.40. The first-order chi connectivity index (χ1) is 15.0. The number of Topliss-reactive ketones (excluding diaryl/α,β-unsaturated/α-hetero) is 2. The molecule has 0 aliphatic heterocycles. The monoisotopic (exact) mass is 439 g/mol. The number of carbonyl (C=O) groups is 2. The smallest absolute Gasteiger partial charge is 0.181 e. The summed E-state index contributed by atoms with van der Waals surface area (Å²) in [6.45, 7) is 0. The maximum Gasteiger partial charge on any atom is 0.181 e. The number of hydrogen-bond donors (Lipinski definition) is 0. The molecule has 0 bridgehead atoms. The third kappa shape index (κ3) is 5.25. The van der Waals surface area contributed by atoms with E-state index in [0.29, 0.717) is 28.5 Å². The van der Waals surface area contributed by atoms with Gasteiger partial charge in [-0.05, 0) is 61.9 Å². The number of aromatic nitrogens is 3. The zero-order valence-electron chi connectivity index (χ0n) is 17.0. The molecule has 1 aliphatic carbocycles. The summed E-state index contributed by atoms with van der Waals surface area (Å²) in [5.74, 6) is 0.0344. The summed E-state index contributed by atoms with van der Waals surface area (Å²) >= 11 is 5.94. The van der Waals surface area contributed by atoms with Crippen molar-refractivity contribution in [1.82, 2.24) is 14.8 Å². The van der Waals surface area contributed by atoms with Gasteiger partial charge in [0.1, 0.15) is 23.0 Å². The Labute approximate surface area is 185 Å². The summed E-state index contributed by atoms with van der Waals surface area (Å²) in [7, 11) is 0. The molecule has 2 heterocycles. The molecular formula is C24H23ClFN3O2. The Hall–Kier alpha value is -2.86. The van der Waals surface area contributed by atoms with Crippen LogP contribution in [-0.4, -0.2) is 26.3 Å². The third-order valence-electron chi connectivity index (χ3n) is 5.88. The standard InChI is InChI=1S/C24H23ClFN3O2/c25-18-9-11-27-21(14-18)24(31)13-16-5-7-17(8-6-16)23(30)15-19-10-12-29(28-19)22-4-2-1-3-20(22)26/h1-4,9-12,14,16-17H,5-8,13,15H2. The maximum atomic E-state index is 13.9. The molecule has 4 rings (SSSR count). The Morgan fingerprint density at radius 3 is 2.61 bits per heavy atom. The lowest BCUT2D eigenvalue weighted by Crippen LogP contribution is -2.24. The van der Waals surface area contributed by atoms with Crippen LogP contribution in [0.1, 0.15) is 48.3 Å². The van der Waals surface area contributed by atoms with Gasteiger partial charge in [-0.2, -0.15) is 5.10 Å². The first-order valence-corrected chi connectivity index (χ1v) is 10.8. The summed E-state index contributed by atoms with van der Waals surface area (Å²) in [5, 5.41) is 4.87. The number of hydrogen-bond acceptors (Lipinski definition) is 4. The van der Waals surface area contributed by atoms with E-state index in [0.717, 1.165) is 25.7 Å².